The number of halogens is 7. The van der Waals surface area contributed by atoms with Gasteiger partial charge in [0.05, 0.1) is 17.7 Å². The first-order valence-electron chi connectivity index (χ1n) is 4.15. The van der Waals surface area contributed by atoms with Crippen molar-refractivity contribution in [2.24, 2.45) is 0 Å². The molecule has 0 bridgehead atoms. The van der Waals surface area contributed by atoms with Crippen molar-refractivity contribution >= 4 is 0 Å². The van der Waals surface area contributed by atoms with Crippen molar-refractivity contribution in [1.82, 2.24) is 0 Å². The van der Waals surface area contributed by atoms with Crippen molar-refractivity contribution in [3.8, 4) is 0 Å². The Bertz CT molecular complexity index is 419. The van der Waals surface area contributed by atoms with Gasteiger partial charge in [-0.05, 0) is 17.7 Å². The molecule has 1 aromatic rings. The average molecular weight is 262 g/mol. The van der Waals surface area contributed by atoms with Gasteiger partial charge in [0, 0.05) is 0 Å². The number of hydrogen-bond donors (Lipinski definition) is 1. The van der Waals surface area contributed by atoms with E-state index >= 15 is 0 Å². The highest BCUT2D eigenvalue weighted by Crippen LogP contribution is 2.38. The van der Waals surface area contributed by atoms with Crippen molar-refractivity contribution in [2.75, 3.05) is 0 Å². The maximum Gasteiger partial charge on any atom is 0.419 e. The van der Waals surface area contributed by atoms with Crippen LogP contribution in [-0.4, -0.2) is 5.11 Å². The van der Waals surface area contributed by atoms with Gasteiger partial charge in [0.2, 0.25) is 0 Å². The van der Waals surface area contributed by atoms with Crippen LogP contribution in [0.3, 0.4) is 0 Å². The van der Waals surface area contributed by atoms with Crippen LogP contribution in [-0.2, 0) is 19.0 Å². The zero-order valence-electron chi connectivity index (χ0n) is 7.95. The smallest absolute Gasteiger partial charge is 0.392 e. The minimum absolute atomic E-state index is 0.0435. The first-order chi connectivity index (χ1) is 7.57. The molecular weight excluding hydrogens is 257 g/mol. The largest absolute Gasteiger partial charge is 0.419 e. The third kappa shape index (κ3) is 2.87. The predicted molar refractivity (Wildman–Crippen MR) is 42.3 cm³/mol. The number of rotatable bonds is 1. The topological polar surface area (TPSA) is 20.2 Å². The van der Waals surface area contributed by atoms with E-state index in [9.17, 15) is 30.7 Å². The standard InChI is InChI=1S/C9H5F7O/c10-7-2-5(8(11,12)13)4(3-17)1-6(7)9(14,15)16/h1-2,17H,3H2. The van der Waals surface area contributed by atoms with Crippen LogP contribution in [0.5, 0.6) is 0 Å². The van der Waals surface area contributed by atoms with E-state index in [0.717, 1.165) is 0 Å². The van der Waals surface area contributed by atoms with Gasteiger partial charge in [0.1, 0.15) is 5.82 Å². The maximum absolute atomic E-state index is 12.9. The number of hydrogen-bond acceptors (Lipinski definition) is 1. The van der Waals surface area contributed by atoms with Crippen LogP contribution in [0.15, 0.2) is 12.1 Å². The minimum atomic E-state index is -5.11. The Labute approximate surface area is 90.5 Å². The molecular formula is C9H5F7O. The molecule has 1 rings (SSSR count). The Morgan fingerprint density at radius 3 is 1.71 bits per heavy atom. The molecule has 1 nitrogen and oxygen atoms in total. The van der Waals surface area contributed by atoms with Gasteiger partial charge in [-0.1, -0.05) is 0 Å². The molecule has 0 saturated heterocycles. The second-order valence-electron chi connectivity index (χ2n) is 3.14. The molecule has 0 saturated carbocycles. The molecule has 0 aromatic heterocycles. The summed E-state index contributed by atoms with van der Waals surface area (Å²) in [5.41, 5.74) is -4.48. The molecule has 1 N–H and O–H groups in total. The highest BCUT2D eigenvalue weighted by atomic mass is 19.4. The first-order valence-corrected chi connectivity index (χ1v) is 4.15. The summed E-state index contributed by atoms with van der Waals surface area (Å²) in [6.07, 6.45) is -10.1. The SMILES string of the molecule is OCc1cc(C(F)(F)F)c(F)cc1C(F)(F)F. The minimum Gasteiger partial charge on any atom is -0.392 e. The van der Waals surface area contributed by atoms with E-state index in [2.05, 4.69) is 0 Å². The van der Waals surface area contributed by atoms with Crippen LogP contribution >= 0.6 is 0 Å². The molecule has 0 atom stereocenters. The highest BCUT2D eigenvalue weighted by Gasteiger charge is 2.39. The zero-order chi connectivity index (χ0) is 13.4. The Morgan fingerprint density at radius 2 is 1.35 bits per heavy atom. The van der Waals surface area contributed by atoms with Crippen molar-refractivity contribution in [2.45, 2.75) is 19.0 Å². The molecule has 0 aliphatic rings. The van der Waals surface area contributed by atoms with E-state index in [1.54, 1.807) is 0 Å². The van der Waals surface area contributed by atoms with Gasteiger partial charge in [-0.3, -0.25) is 0 Å². The molecule has 17 heavy (non-hydrogen) atoms. The molecule has 0 amide bonds. The van der Waals surface area contributed by atoms with Gasteiger partial charge >= 0.3 is 12.4 Å². The summed E-state index contributed by atoms with van der Waals surface area (Å²) in [6.45, 7) is -1.27. The summed E-state index contributed by atoms with van der Waals surface area (Å²) in [5, 5.41) is 8.57. The summed E-state index contributed by atoms with van der Waals surface area (Å²) in [6, 6.07) is -0.313. The molecule has 96 valence electrons. The van der Waals surface area contributed by atoms with Crippen molar-refractivity contribution in [3.63, 3.8) is 0 Å². The van der Waals surface area contributed by atoms with Crippen LogP contribution < -0.4 is 0 Å². The first kappa shape index (κ1) is 13.8. The molecule has 0 heterocycles. The monoisotopic (exact) mass is 262 g/mol. The van der Waals surface area contributed by atoms with Gasteiger partial charge in [-0.2, -0.15) is 26.3 Å². The molecule has 0 spiro atoms. The van der Waals surface area contributed by atoms with Crippen molar-refractivity contribution < 1.29 is 35.8 Å². The second-order valence-corrected chi connectivity index (χ2v) is 3.14. The van der Waals surface area contributed by atoms with E-state index in [1.165, 1.54) is 0 Å². The molecule has 1 aromatic carbocycles. The summed E-state index contributed by atoms with van der Waals surface area (Å²) >= 11 is 0. The van der Waals surface area contributed by atoms with E-state index in [0.29, 0.717) is 0 Å². The van der Waals surface area contributed by atoms with Crippen LogP contribution in [0.4, 0.5) is 30.7 Å². The van der Waals surface area contributed by atoms with Gasteiger partial charge in [0.25, 0.3) is 0 Å². The summed E-state index contributed by atoms with van der Waals surface area (Å²) in [5.74, 6) is -2.03. The van der Waals surface area contributed by atoms with Gasteiger partial charge in [-0.25, -0.2) is 4.39 Å². The predicted octanol–water partition coefficient (Wildman–Crippen LogP) is 3.36. The summed E-state index contributed by atoms with van der Waals surface area (Å²) in [4.78, 5) is 0. The number of aliphatic hydroxyl groups is 1. The molecule has 0 aliphatic carbocycles. The Morgan fingerprint density at radius 1 is 0.882 bits per heavy atom. The number of alkyl halides is 6. The van der Waals surface area contributed by atoms with E-state index in [1.807, 2.05) is 0 Å². The van der Waals surface area contributed by atoms with Gasteiger partial charge in [0.15, 0.2) is 0 Å². The fourth-order valence-electron chi connectivity index (χ4n) is 1.23. The third-order valence-electron chi connectivity index (χ3n) is 1.97. The number of aliphatic hydroxyl groups excluding tert-OH is 1. The molecule has 8 heteroatoms. The third-order valence-corrected chi connectivity index (χ3v) is 1.97. The van der Waals surface area contributed by atoms with Crippen LogP contribution in [0.2, 0.25) is 0 Å². The normalized spacial score (nSPS) is 12.9. The summed E-state index contributed by atoms with van der Waals surface area (Å²) in [7, 11) is 0. The fourth-order valence-corrected chi connectivity index (χ4v) is 1.23. The Hall–Kier alpha value is -1.31. The quantitative estimate of drug-likeness (QED) is 0.769. The molecule has 0 unspecified atom stereocenters. The van der Waals surface area contributed by atoms with Crippen molar-refractivity contribution in [1.29, 1.82) is 0 Å². The molecule has 0 aliphatic heterocycles. The lowest BCUT2D eigenvalue weighted by Gasteiger charge is -2.15. The summed E-state index contributed by atoms with van der Waals surface area (Å²) < 4.78 is 86.3. The zero-order valence-corrected chi connectivity index (χ0v) is 7.95. The van der Waals surface area contributed by atoms with Gasteiger partial charge in [-0.15, -0.1) is 0 Å². The van der Waals surface area contributed by atoms with Gasteiger partial charge < -0.3 is 5.11 Å². The van der Waals surface area contributed by atoms with Crippen molar-refractivity contribution in [3.05, 3.63) is 34.6 Å². The van der Waals surface area contributed by atoms with E-state index < -0.39 is 41.5 Å². The highest BCUT2D eigenvalue weighted by molar-refractivity contribution is 5.36. The lowest BCUT2D eigenvalue weighted by atomic mass is 10.0. The lowest BCUT2D eigenvalue weighted by Crippen LogP contribution is -2.15. The Kier molecular flexibility index (Phi) is 3.37. The van der Waals surface area contributed by atoms with Crippen LogP contribution in [0.25, 0.3) is 0 Å². The fraction of sp³-hybridized carbons (Fsp3) is 0.333. The lowest BCUT2D eigenvalue weighted by molar-refractivity contribution is -0.144. The maximum atomic E-state index is 12.9. The van der Waals surface area contributed by atoms with Crippen LogP contribution in [0, 0.1) is 5.82 Å². The van der Waals surface area contributed by atoms with E-state index in [4.69, 9.17) is 5.11 Å². The Balaban J connectivity index is 3.46. The molecule has 0 fully saturated rings. The molecule has 0 radical (unpaired) electrons. The van der Waals surface area contributed by atoms with Crippen LogP contribution in [0.1, 0.15) is 16.7 Å². The average Bonchev–Trinajstić information content (AvgIpc) is 2.14. The van der Waals surface area contributed by atoms with E-state index in [-0.39, 0.29) is 12.1 Å². The second kappa shape index (κ2) is 4.17. The number of benzene rings is 1.